The molecule has 262 valence electrons. The second-order valence-corrected chi connectivity index (χ2v) is 12.4. The lowest BCUT2D eigenvalue weighted by molar-refractivity contribution is -0.143. The minimum atomic E-state index is -0.918. The summed E-state index contributed by atoms with van der Waals surface area (Å²) >= 11 is 1.19. The molecule has 0 unspecified atom stereocenters. The number of hydrogen-bond donors (Lipinski definition) is 0. The molecule has 0 spiro atoms. The number of hydrogen-bond acceptors (Lipinski definition) is 10. The maximum absolute atomic E-state index is 14.5. The van der Waals surface area contributed by atoms with E-state index in [9.17, 15) is 18.8 Å². The van der Waals surface area contributed by atoms with E-state index in [1.165, 1.54) is 35.1 Å². The monoisotopic (exact) mass is 710 g/mol. The third-order valence-electron chi connectivity index (χ3n) is 8.19. The van der Waals surface area contributed by atoms with Gasteiger partial charge >= 0.3 is 11.9 Å². The van der Waals surface area contributed by atoms with Crippen molar-refractivity contribution in [3.05, 3.63) is 132 Å². The molecule has 0 saturated carbocycles. The fourth-order valence-electron chi connectivity index (χ4n) is 5.81. The molecule has 4 aromatic carbocycles. The molecule has 0 N–H and O–H groups in total. The van der Waals surface area contributed by atoms with E-state index in [0.717, 1.165) is 16.3 Å². The number of esters is 2. The van der Waals surface area contributed by atoms with E-state index < -0.39 is 18.0 Å². The second kappa shape index (κ2) is 15.4. The number of halogens is 1. The summed E-state index contributed by atoms with van der Waals surface area (Å²) in [6, 6.07) is 21.7. The number of fused-ring (bicyclic) bond motifs is 2. The molecule has 6 rings (SSSR count). The van der Waals surface area contributed by atoms with Crippen molar-refractivity contribution in [2.75, 3.05) is 26.9 Å². The van der Waals surface area contributed by atoms with E-state index in [0.29, 0.717) is 43.4 Å². The average Bonchev–Trinajstić information content (AvgIpc) is 3.44. The largest absolute Gasteiger partial charge is 0.490 e. The van der Waals surface area contributed by atoms with Gasteiger partial charge in [0.2, 0.25) is 0 Å². The van der Waals surface area contributed by atoms with Gasteiger partial charge in [-0.05, 0) is 79.1 Å². The zero-order chi connectivity index (χ0) is 36.1. The lowest BCUT2D eigenvalue weighted by Crippen LogP contribution is -2.40. The molecule has 12 heteroatoms. The van der Waals surface area contributed by atoms with E-state index in [-0.39, 0.29) is 43.4 Å². The van der Waals surface area contributed by atoms with Crippen molar-refractivity contribution < 1.29 is 37.7 Å². The average molecular weight is 711 g/mol. The van der Waals surface area contributed by atoms with Crippen LogP contribution in [0.3, 0.4) is 0 Å². The van der Waals surface area contributed by atoms with Gasteiger partial charge in [-0.1, -0.05) is 59.9 Å². The van der Waals surface area contributed by atoms with Crippen LogP contribution in [-0.4, -0.2) is 43.4 Å². The van der Waals surface area contributed by atoms with Crippen molar-refractivity contribution in [2.45, 2.75) is 33.4 Å². The van der Waals surface area contributed by atoms with Crippen LogP contribution < -0.4 is 29.1 Å². The molecule has 0 radical (unpaired) electrons. The molecular formula is C39H35FN2O8S. The molecule has 0 amide bonds. The van der Waals surface area contributed by atoms with Gasteiger partial charge in [-0.15, -0.1) is 0 Å². The molecule has 5 aromatic rings. The highest BCUT2D eigenvalue weighted by molar-refractivity contribution is 7.07. The Labute approximate surface area is 296 Å². The molecule has 0 bridgehead atoms. The number of carbonyl (C=O) groups excluding carboxylic acids is 2. The van der Waals surface area contributed by atoms with Gasteiger partial charge < -0.3 is 23.7 Å². The molecule has 10 nitrogen and oxygen atoms in total. The summed E-state index contributed by atoms with van der Waals surface area (Å²) < 4.78 is 43.3. The second-order valence-electron chi connectivity index (χ2n) is 11.4. The predicted octanol–water partition coefficient (Wildman–Crippen LogP) is 5.62. The van der Waals surface area contributed by atoms with Gasteiger partial charge in [0.25, 0.3) is 5.56 Å². The first kappa shape index (κ1) is 35.1. The molecule has 0 saturated heterocycles. The summed E-state index contributed by atoms with van der Waals surface area (Å²) in [5.74, 6) is -0.358. The van der Waals surface area contributed by atoms with Crippen molar-refractivity contribution >= 4 is 40.1 Å². The van der Waals surface area contributed by atoms with Crippen LogP contribution in [0.5, 0.6) is 17.2 Å². The Morgan fingerprint density at radius 2 is 1.69 bits per heavy atom. The lowest BCUT2D eigenvalue weighted by Gasteiger charge is -2.25. The minimum Gasteiger partial charge on any atom is -0.490 e. The van der Waals surface area contributed by atoms with Gasteiger partial charge in [0.1, 0.15) is 18.2 Å². The Morgan fingerprint density at radius 3 is 2.43 bits per heavy atom. The first-order valence-electron chi connectivity index (χ1n) is 16.3. The lowest BCUT2D eigenvalue weighted by atomic mass is 9.95. The van der Waals surface area contributed by atoms with Gasteiger partial charge in [0.05, 0.1) is 42.2 Å². The first-order valence-corrected chi connectivity index (χ1v) is 17.1. The summed E-state index contributed by atoms with van der Waals surface area (Å²) in [4.78, 5) is 44.9. The Balaban J connectivity index is 1.50. The van der Waals surface area contributed by atoms with Crippen LogP contribution in [0.2, 0.25) is 0 Å². The Bertz CT molecular complexity index is 2330. The maximum Gasteiger partial charge on any atom is 0.343 e. The number of allylic oxidation sites excluding steroid dienone is 1. The molecular weight excluding hydrogens is 676 g/mol. The summed E-state index contributed by atoms with van der Waals surface area (Å²) in [5.41, 5.74) is 2.24. The quantitative estimate of drug-likeness (QED) is 0.153. The van der Waals surface area contributed by atoms with E-state index in [4.69, 9.17) is 28.7 Å². The van der Waals surface area contributed by atoms with E-state index in [2.05, 4.69) is 0 Å². The Hall–Kier alpha value is -5.75. The number of nitrogens with zero attached hydrogens (tertiary/aromatic N) is 2. The van der Waals surface area contributed by atoms with Gasteiger partial charge in [-0.2, -0.15) is 0 Å². The van der Waals surface area contributed by atoms with Crippen LogP contribution >= 0.6 is 11.3 Å². The van der Waals surface area contributed by atoms with Gasteiger partial charge in [0.15, 0.2) is 22.9 Å². The highest BCUT2D eigenvalue weighted by Crippen LogP contribution is 2.37. The van der Waals surface area contributed by atoms with Crippen LogP contribution in [-0.2, 0) is 25.7 Å². The van der Waals surface area contributed by atoms with Crippen molar-refractivity contribution in [1.82, 2.24) is 4.57 Å². The number of rotatable bonds is 12. The van der Waals surface area contributed by atoms with Crippen LogP contribution in [0.4, 0.5) is 4.39 Å². The number of methoxy groups -OCH3 is 1. The van der Waals surface area contributed by atoms with E-state index >= 15 is 0 Å². The molecule has 2 heterocycles. The third kappa shape index (κ3) is 7.41. The number of aromatic nitrogens is 1. The summed E-state index contributed by atoms with van der Waals surface area (Å²) in [5, 5.41) is 1.81. The number of thiazole rings is 1. The molecule has 0 fully saturated rings. The summed E-state index contributed by atoms with van der Waals surface area (Å²) in [6.07, 6.45) is 1.78. The normalized spacial score (nSPS) is 14.1. The van der Waals surface area contributed by atoms with Gasteiger partial charge in [-0.3, -0.25) is 9.36 Å². The maximum atomic E-state index is 14.5. The molecule has 0 aliphatic carbocycles. The minimum absolute atomic E-state index is 0.124. The SMILES string of the molecule is CCOC(=O)C1=C(C)N=c2s/c(=C/c3c(OCc4ccc(F)cc4)ccc4ccccc34)c(=O)n2[C@@H]1c1ccc(OCC(=O)OC)c(OCC)c1. The van der Waals surface area contributed by atoms with E-state index in [1.54, 1.807) is 57.2 Å². The van der Waals surface area contributed by atoms with Gasteiger partial charge in [-0.25, -0.2) is 19.0 Å². The van der Waals surface area contributed by atoms with Crippen LogP contribution in [0.1, 0.15) is 43.5 Å². The Kier molecular flexibility index (Phi) is 10.6. The first-order chi connectivity index (χ1) is 24.7. The highest BCUT2D eigenvalue weighted by atomic mass is 32.1. The Morgan fingerprint density at radius 1 is 0.922 bits per heavy atom. The topological polar surface area (TPSA) is 115 Å². The standard InChI is InChI=1S/C39H35FN2O8S/c1-5-47-32-19-26(14-18-31(32)50-22-34(43)46-4)36-35(38(45)48-6-2)23(3)41-39-42(36)37(44)33(51-39)20-29-28-10-8-7-9-25(28)13-17-30(29)49-21-24-11-15-27(40)16-12-24/h7-20,36H,5-6,21-22H2,1-4H3/b33-20+/t36-/m1/s1. The highest BCUT2D eigenvalue weighted by Gasteiger charge is 2.34. The van der Waals surface area contributed by atoms with Gasteiger partial charge in [0, 0.05) is 5.56 Å². The summed E-state index contributed by atoms with van der Waals surface area (Å²) in [6.45, 7) is 5.49. The zero-order valence-electron chi connectivity index (χ0n) is 28.4. The zero-order valence-corrected chi connectivity index (χ0v) is 29.3. The number of carbonyl (C=O) groups is 2. The predicted molar refractivity (Wildman–Crippen MR) is 190 cm³/mol. The fourth-order valence-corrected chi connectivity index (χ4v) is 6.84. The fraction of sp³-hybridized carbons (Fsp3) is 0.231. The number of ether oxygens (including phenoxy) is 5. The smallest absolute Gasteiger partial charge is 0.343 e. The molecule has 1 aliphatic heterocycles. The van der Waals surface area contributed by atoms with E-state index in [1.807, 2.05) is 36.4 Å². The van der Waals surface area contributed by atoms with Crippen LogP contribution in [0.25, 0.3) is 16.8 Å². The molecule has 51 heavy (non-hydrogen) atoms. The van der Waals surface area contributed by atoms with Crippen molar-refractivity contribution in [2.24, 2.45) is 4.99 Å². The van der Waals surface area contributed by atoms with Crippen LogP contribution in [0.15, 0.2) is 99.9 Å². The third-order valence-corrected chi connectivity index (χ3v) is 9.17. The van der Waals surface area contributed by atoms with Crippen molar-refractivity contribution in [3.8, 4) is 17.2 Å². The van der Waals surface area contributed by atoms with Crippen molar-refractivity contribution in [1.29, 1.82) is 0 Å². The molecule has 1 aliphatic rings. The number of benzene rings is 4. The van der Waals surface area contributed by atoms with Crippen molar-refractivity contribution in [3.63, 3.8) is 0 Å². The molecule has 1 atom stereocenters. The summed E-state index contributed by atoms with van der Waals surface area (Å²) in [7, 11) is 1.27. The van der Waals surface area contributed by atoms with Crippen LogP contribution in [0, 0.1) is 5.82 Å². The molecule has 1 aromatic heterocycles.